The fourth-order valence-corrected chi connectivity index (χ4v) is 4.53. The van der Waals surface area contributed by atoms with Crippen LogP contribution in [-0.2, 0) is 20.1 Å². The first-order valence-corrected chi connectivity index (χ1v) is 10.5. The monoisotopic (exact) mass is 378 g/mol. The molecule has 2 aliphatic rings. The van der Waals surface area contributed by atoms with Crippen molar-refractivity contribution in [3.63, 3.8) is 0 Å². The average Bonchev–Trinajstić information content (AvgIpc) is 3.10. The maximum Gasteiger partial charge on any atom is 0.146 e. The molecule has 4 rings (SSSR count). The molecular weight excluding hydrogens is 348 g/mol. The summed E-state index contributed by atoms with van der Waals surface area (Å²) in [5, 5.41) is 18.2. The van der Waals surface area contributed by atoms with Crippen LogP contribution >= 0.6 is 0 Å². The molecule has 6 nitrogen and oxygen atoms in total. The minimum atomic E-state index is 0.495. The van der Waals surface area contributed by atoms with Gasteiger partial charge in [-0.25, -0.2) is 0 Å². The summed E-state index contributed by atoms with van der Waals surface area (Å²) in [5.74, 6) is 2.75. The molecule has 0 saturated carbocycles. The number of rotatable bonds is 5. The molecule has 2 aromatic rings. The van der Waals surface area contributed by atoms with Crippen molar-refractivity contribution in [1.29, 1.82) is 5.26 Å². The van der Waals surface area contributed by atoms with E-state index in [1.807, 2.05) is 18.2 Å². The summed E-state index contributed by atoms with van der Waals surface area (Å²) in [7, 11) is 2.13. The van der Waals surface area contributed by atoms with Crippen LogP contribution in [0, 0.1) is 11.3 Å². The van der Waals surface area contributed by atoms with Gasteiger partial charge in [-0.2, -0.15) is 5.26 Å². The number of likely N-dealkylation sites (tertiary alicyclic amines) is 2. The second-order valence-corrected chi connectivity index (χ2v) is 8.23. The molecule has 0 amide bonds. The largest absolute Gasteiger partial charge is 0.317 e. The number of hydrogen-bond acceptors (Lipinski definition) is 5. The zero-order valence-corrected chi connectivity index (χ0v) is 16.8. The summed E-state index contributed by atoms with van der Waals surface area (Å²) in [4.78, 5) is 4.99. The Morgan fingerprint density at radius 2 is 1.75 bits per heavy atom. The first kappa shape index (κ1) is 19.1. The lowest BCUT2D eigenvalue weighted by molar-refractivity contribution is 0.199. The Hall–Kier alpha value is -2.23. The second kappa shape index (κ2) is 8.85. The van der Waals surface area contributed by atoms with Gasteiger partial charge in [-0.3, -0.25) is 9.80 Å². The predicted molar refractivity (Wildman–Crippen MR) is 109 cm³/mol. The van der Waals surface area contributed by atoms with Crippen molar-refractivity contribution in [2.24, 2.45) is 7.05 Å². The van der Waals surface area contributed by atoms with Crippen LogP contribution in [0.5, 0.6) is 0 Å². The highest BCUT2D eigenvalue weighted by Crippen LogP contribution is 2.28. The number of aromatic nitrogens is 3. The Labute approximate surface area is 167 Å². The van der Waals surface area contributed by atoms with Crippen molar-refractivity contribution >= 4 is 0 Å². The molecular formula is C22H30N6. The zero-order chi connectivity index (χ0) is 19.3. The van der Waals surface area contributed by atoms with Crippen LogP contribution in [0.4, 0.5) is 0 Å². The molecule has 6 heteroatoms. The van der Waals surface area contributed by atoms with E-state index in [0.717, 1.165) is 56.2 Å². The Balaban J connectivity index is 1.33. The lowest BCUT2D eigenvalue weighted by Crippen LogP contribution is -2.33. The molecule has 2 aliphatic heterocycles. The summed E-state index contributed by atoms with van der Waals surface area (Å²) >= 11 is 0. The average molecular weight is 379 g/mol. The van der Waals surface area contributed by atoms with Gasteiger partial charge in [0.25, 0.3) is 0 Å². The Kier molecular flexibility index (Phi) is 6.04. The highest BCUT2D eigenvalue weighted by atomic mass is 15.3. The lowest BCUT2D eigenvalue weighted by Gasteiger charge is -2.31. The molecule has 0 N–H and O–H groups in total. The molecule has 148 valence electrons. The van der Waals surface area contributed by atoms with Crippen molar-refractivity contribution in [2.75, 3.05) is 26.2 Å². The van der Waals surface area contributed by atoms with Crippen LogP contribution in [0.2, 0.25) is 0 Å². The molecule has 0 atom stereocenters. The molecule has 0 aliphatic carbocycles. The zero-order valence-electron chi connectivity index (χ0n) is 16.8. The molecule has 1 aromatic carbocycles. The number of piperidine rings is 2. The third kappa shape index (κ3) is 4.43. The van der Waals surface area contributed by atoms with Crippen molar-refractivity contribution in [2.45, 2.75) is 51.1 Å². The first-order chi connectivity index (χ1) is 13.7. The summed E-state index contributed by atoms with van der Waals surface area (Å²) in [5.41, 5.74) is 1.97. The number of hydrogen-bond donors (Lipinski definition) is 0. The molecule has 0 unspecified atom stereocenters. The number of nitriles is 1. The van der Waals surface area contributed by atoms with Gasteiger partial charge in [0.15, 0.2) is 0 Å². The van der Waals surface area contributed by atoms with Crippen LogP contribution in [0.15, 0.2) is 24.3 Å². The van der Waals surface area contributed by atoms with Crippen molar-refractivity contribution in [1.82, 2.24) is 24.6 Å². The van der Waals surface area contributed by atoms with Crippen molar-refractivity contribution < 1.29 is 0 Å². The van der Waals surface area contributed by atoms with E-state index in [9.17, 15) is 0 Å². The fraction of sp³-hybridized carbons (Fsp3) is 0.591. The van der Waals surface area contributed by atoms with Gasteiger partial charge in [-0.1, -0.05) is 18.6 Å². The molecule has 0 spiro atoms. The van der Waals surface area contributed by atoms with Crippen LogP contribution < -0.4 is 0 Å². The third-order valence-corrected chi connectivity index (χ3v) is 6.23. The van der Waals surface area contributed by atoms with Crippen LogP contribution in [0.1, 0.15) is 60.8 Å². The standard InChI is InChI=1S/C22H30N6/c1-26-21(17-27-10-3-2-4-11-27)24-25-22(26)20-8-12-28(13-9-20)16-19-7-5-6-18(14-19)15-23/h5-7,14,20H,2-4,8-13,16-17H2,1H3. The van der Waals surface area contributed by atoms with Gasteiger partial charge in [-0.05, 0) is 69.6 Å². The van der Waals surface area contributed by atoms with Gasteiger partial charge in [0.2, 0.25) is 0 Å². The van der Waals surface area contributed by atoms with E-state index in [1.54, 1.807) is 0 Å². The Morgan fingerprint density at radius 3 is 2.50 bits per heavy atom. The predicted octanol–water partition coefficient (Wildman–Crippen LogP) is 3.05. The minimum Gasteiger partial charge on any atom is -0.317 e. The lowest BCUT2D eigenvalue weighted by atomic mass is 9.95. The highest BCUT2D eigenvalue weighted by molar-refractivity contribution is 5.32. The van der Waals surface area contributed by atoms with E-state index >= 15 is 0 Å². The SMILES string of the molecule is Cn1c(CN2CCCCC2)nnc1C1CCN(Cc2cccc(C#N)c2)CC1. The molecule has 2 fully saturated rings. The summed E-state index contributed by atoms with van der Waals surface area (Å²) in [6.07, 6.45) is 6.21. The Bertz CT molecular complexity index is 822. The van der Waals surface area contributed by atoms with Gasteiger partial charge >= 0.3 is 0 Å². The van der Waals surface area contributed by atoms with Gasteiger partial charge < -0.3 is 4.57 Å². The van der Waals surface area contributed by atoms with E-state index in [2.05, 4.69) is 43.7 Å². The second-order valence-electron chi connectivity index (χ2n) is 8.23. The first-order valence-electron chi connectivity index (χ1n) is 10.5. The normalized spacial score (nSPS) is 19.6. The maximum absolute atomic E-state index is 9.08. The van der Waals surface area contributed by atoms with Gasteiger partial charge in [0, 0.05) is 19.5 Å². The molecule has 3 heterocycles. The summed E-state index contributed by atoms with van der Waals surface area (Å²) in [6, 6.07) is 10.2. The molecule has 28 heavy (non-hydrogen) atoms. The summed E-state index contributed by atoms with van der Waals surface area (Å²) in [6.45, 7) is 6.35. The third-order valence-electron chi connectivity index (χ3n) is 6.23. The van der Waals surface area contributed by atoms with Gasteiger partial charge in [-0.15, -0.1) is 10.2 Å². The van der Waals surface area contributed by atoms with Crippen molar-refractivity contribution in [3.05, 3.63) is 47.0 Å². The van der Waals surface area contributed by atoms with E-state index < -0.39 is 0 Å². The maximum atomic E-state index is 9.08. The molecule has 0 bridgehead atoms. The molecule has 2 saturated heterocycles. The quantitative estimate of drug-likeness (QED) is 0.800. The van der Waals surface area contributed by atoms with Gasteiger partial charge in [0.05, 0.1) is 18.2 Å². The molecule has 0 radical (unpaired) electrons. The van der Waals surface area contributed by atoms with Gasteiger partial charge in [0.1, 0.15) is 11.6 Å². The number of benzene rings is 1. The number of nitrogens with zero attached hydrogens (tertiary/aromatic N) is 6. The highest BCUT2D eigenvalue weighted by Gasteiger charge is 2.25. The minimum absolute atomic E-state index is 0.495. The molecule has 1 aromatic heterocycles. The van der Waals surface area contributed by atoms with E-state index in [1.165, 1.54) is 37.9 Å². The summed E-state index contributed by atoms with van der Waals surface area (Å²) < 4.78 is 2.24. The van der Waals surface area contributed by atoms with E-state index in [0.29, 0.717) is 5.92 Å². The smallest absolute Gasteiger partial charge is 0.146 e. The van der Waals surface area contributed by atoms with E-state index in [4.69, 9.17) is 5.26 Å². The van der Waals surface area contributed by atoms with Crippen LogP contribution in [0.25, 0.3) is 0 Å². The Morgan fingerprint density at radius 1 is 1.00 bits per heavy atom. The fourth-order valence-electron chi connectivity index (χ4n) is 4.53. The van der Waals surface area contributed by atoms with Crippen LogP contribution in [0.3, 0.4) is 0 Å². The topological polar surface area (TPSA) is 61.0 Å². The van der Waals surface area contributed by atoms with E-state index in [-0.39, 0.29) is 0 Å². The van der Waals surface area contributed by atoms with Crippen LogP contribution in [-0.4, -0.2) is 50.7 Å². The van der Waals surface area contributed by atoms with Crippen molar-refractivity contribution in [3.8, 4) is 6.07 Å².